The molecule has 0 radical (unpaired) electrons. The molecule has 0 fully saturated rings. The molecule has 1 aliphatic rings. The Labute approximate surface area is 382 Å². The Bertz CT molecular complexity index is 2870. The number of phenolic OH excluding ortho intramolecular Hbond substituents is 1. The molecule has 0 aromatic heterocycles. The number of hydrogen-bond donors (Lipinski definition) is 2. The van der Waals surface area contributed by atoms with Gasteiger partial charge in [0.25, 0.3) is 6.54 Å². The maximum absolute atomic E-state index is 10.5. The summed E-state index contributed by atoms with van der Waals surface area (Å²) in [6.07, 6.45) is 0.757. The third-order valence-corrected chi connectivity index (χ3v) is 10.6. The number of phenols is 1. The van der Waals surface area contributed by atoms with Crippen molar-refractivity contribution in [2.24, 2.45) is 5.73 Å². The van der Waals surface area contributed by atoms with Crippen LogP contribution in [0.1, 0.15) is 33.0 Å². The van der Waals surface area contributed by atoms with Crippen molar-refractivity contribution in [1.29, 1.82) is 10.5 Å². The summed E-state index contributed by atoms with van der Waals surface area (Å²) in [7, 11) is 4.67. The van der Waals surface area contributed by atoms with Crippen molar-refractivity contribution in [2.45, 2.75) is 12.5 Å². The Morgan fingerprint density at radius 1 is 0.778 bits per heavy atom. The number of nitrogens with two attached hydrogens (primary N) is 1. The van der Waals surface area contributed by atoms with Gasteiger partial charge in [-0.1, -0.05) is 103 Å². The molecular formula is C50H40Br2N4O7. The van der Waals surface area contributed by atoms with Crippen LogP contribution in [-0.4, -0.2) is 39.3 Å². The molecule has 1 atom stereocenters. The number of fused-ring (bicyclic) bond motifs is 4. The van der Waals surface area contributed by atoms with Crippen molar-refractivity contribution >= 4 is 59.7 Å². The number of allylic oxidation sites excluding steroid dienone is 1. The minimum Gasteiger partial charge on any atom is -0.507 e. The second-order valence-electron chi connectivity index (χ2n) is 13.3. The van der Waals surface area contributed by atoms with Crippen LogP contribution in [0.15, 0.2) is 154 Å². The van der Waals surface area contributed by atoms with Gasteiger partial charge in [0.2, 0.25) is 5.88 Å². The van der Waals surface area contributed by atoms with Crippen molar-refractivity contribution in [3.8, 4) is 46.6 Å². The lowest BCUT2D eigenvalue weighted by atomic mass is 9.82. The minimum atomic E-state index is -0.410. The van der Waals surface area contributed by atoms with Crippen LogP contribution in [0.25, 0.3) is 26.4 Å². The van der Waals surface area contributed by atoms with E-state index in [1.165, 1.54) is 7.11 Å². The molecule has 63 heavy (non-hydrogen) atoms. The Balaban J connectivity index is 0.000000209. The number of carbonyl (C=O) groups is 1. The SMILES string of the molecule is COc1cc(C2C(C#N)=C(N)Oc3c2ccc2ccccc32)cc(Br)c1OCc1ccccc1.COc1cc(C=O)cc(Br)c1OC.Oc1cccc2ccccc12.[C-]#[N+]CC#N. The molecule has 1 aliphatic heterocycles. The topological polar surface area (TPSA) is 161 Å². The smallest absolute Gasteiger partial charge is 0.298 e. The first-order valence-corrected chi connectivity index (χ1v) is 20.6. The standard InChI is InChI=1S/C28H21BrN2O3.C10H8O.C9H9BrO3.C3H2N2/c1-32-24-14-19(13-23(29)27(24)33-16-17-7-3-2-4-8-17)25-21-12-11-18-9-5-6-10-20(18)26(21)34-28(31)22(25)15-30;11-10-7-3-5-8-4-1-2-6-9(8)10;1-12-8-4-6(5-11)3-7(10)9(8)13-2;1-5-3-2-4/h2-14,25H,16,31H2,1H3;1-7,11H;3-5H,1-2H3;3H2. The monoisotopic (exact) mass is 966 g/mol. The van der Waals surface area contributed by atoms with E-state index < -0.39 is 5.92 Å². The lowest BCUT2D eigenvalue weighted by Crippen LogP contribution is -2.21. The highest BCUT2D eigenvalue weighted by Crippen LogP contribution is 2.48. The molecule has 7 aromatic rings. The van der Waals surface area contributed by atoms with Gasteiger partial charge in [0.1, 0.15) is 42.1 Å². The summed E-state index contributed by atoms with van der Waals surface area (Å²) in [5.41, 5.74) is 9.91. The van der Waals surface area contributed by atoms with Gasteiger partial charge < -0.3 is 39.4 Å². The highest BCUT2D eigenvalue weighted by atomic mass is 79.9. The molecule has 0 aliphatic carbocycles. The molecule has 3 N–H and O–H groups in total. The molecule has 1 heterocycles. The average molecular weight is 969 g/mol. The van der Waals surface area contributed by atoms with E-state index in [-0.39, 0.29) is 12.4 Å². The zero-order valence-corrected chi connectivity index (χ0v) is 37.5. The molecule has 1 unspecified atom stereocenters. The molecule has 0 amide bonds. The second-order valence-corrected chi connectivity index (χ2v) is 15.0. The van der Waals surface area contributed by atoms with Gasteiger partial charge in [-0.15, -0.1) is 0 Å². The number of rotatable bonds is 8. The van der Waals surface area contributed by atoms with E-state index in [9.17, 15) is 15.2 Å². The number of nitrogens with zero attached hydrogens (tertiary/aromatic N) is 3. The van der Waals surface area contributed by atoms with Crippen molar-refractivity contribution in [3.63, 3.8) is 0 Å². The fourth-order valence-corrected chi connectivity index (χ4v) is 7.75. The summed E-state index contributed by atoms with van der Waals surface area (Å²) in [5.74, 6) is 3.00. The predicted octanol–water partition coefficient (Wildman–Crippen LogP) is 11.7. The van der Waals surface area contributed by atoms with Crippen LogP contribution in [0.5, 0.6) is 34.5 Å². The number of methoxy groups -OCH3 is 3. The first-order valence-electron chi connectivity index (χ1n) is 19.0. The van der Waals surface area contributed by atoms with Crippen molar-refractivity contribution in [2.75, 3.05) is 27.9 Å². The molecule has 0 bridgehead atoms. The number of nitriles is 2. The zero-order valence-electron chi connectivity index (χ0n) is 34.3. The number of ether oxygens (including phenoxy) is 5. The fraction of sp³-hybridized carbons (Fsp3) is 0.120. The molecule has 7 aromatic carbocycles. The van der Waals surface area contributed by atoms with E-state index in [0.717, 1.165) is 49.0 Å². The van der Waals surface area contributed by atoms with Crippen LogP contribution in [0, 0.1) is 29.2 Å². The van der Waals surface area contributed by atoms with Gasteiger partial charge in [0.05, 0.1) is 36.2 Å². The summed E-state index contributed by atoms with van der Waals surface area (Å²) in [4.78, 5) is 13.3. The largest absolute Gasteiger partial charge is 0.507 e. The van der Waals surface area contributed by atoms with Gasteiger partial charge in [0, 0.05) is 21.9 Å². The summed E-state index contributed by atoms with van der Waals surface area (Å²) in [6.45, 7) is 6.39. The number of carbonyl (C=O) groups excluding carboxylic acids is 1. The summed E-state index contributed by atoms with van der Waals surface area (Å²) in [6, 6.07) is 46.2. The number of aromatic hydroxyl groups is 1. The second kappa shape index (κ2) is 22.9. The van der Waals surface area contributed by atoms with Gasteiger partial charge in [0.15, 0.2) is 23.0 Å². The quantitative estimate of drug-likeness (QED) is 0.0852. The van der Waals surface area contributed by atoms with E-state index in [4.69, 9.17) is 41.3 Å². The molecule has 0 saturated carbocycles. The van der Waals surface area contributed by atoms with Gasteiger partial charge in [-0.3, -0.25) is 4.79 Å². The zero-order chi connectivity index (χ0) is 45.3. The van der Waals surface area contributed by atoms with E-state index in [1.807, 2.05) is 115 Å². The lowest BCUT2D eigenvalue weighted by molar-refractivity contribution is 0.112. The van der Waals surface area contributed by atoms with E-state index in [2.05, 4.69) is 42.8 Å². The van der Waals surface area contributed by atoms with Gasteiger partial charge in [-0.25, -0.2) is 6.57 Å². The van der Waals surface area contributed by atoms with E-state index in [0.29, 0.717) is 56.7 Å². The highest BCUT2D eigenvalue weighted by Gasteiger charge is 2.33. The highest BCUT2D eigenvalue weighted by molar-refractivity contribution is 9.11. The summed E-state index contributed by atoms with van der Waals surface area (Å²) >= 11 is 6.93. The molecular weight excluding hydrogens is 928 g/mol. The Morgan fingerprint density at radius 2 is 1.40 bits per heavy atom. The predicted molar refractivity (Wildman–Crippen MR) is 250 cm³/mol. The van der Waals surface area contributed by atoms with Gasteiger partial charge >= 0.3 is 0 Å². The Morgan fingerprint density at radius 3 is 2.00 bits per heavy atom. The van der Waals surface area contributed by atoms with Crippen molar-refractivity contribution < 1.29 is 33.6 Å². The van der Waals surface area contributed by atoms with Crippen LogP contribution in [0.4, 0.5) is 0 Å². The molecule has 316 valence electrons. The summed E-state index contributed by atoms with van der Waals surface area (Å²) in [5, 5.41) is 30.9. The number of hydrogen-bond acceptors (Lipinski definition) is 10. The van der Waals surface area contributed by atoms with Crippen LogP contribution in [0.2, 0.25) is 0 Å². The fourth-order valence-electron chi connectivity index (χ4n) is 6.56. The van der Waals surface area contributed by atoms with Crippen LogP contribution < -0.4 is 29.4 Å². The molecule has 0 spiro atoms. The maximum Gasteiger partial charge on any atom is 0.298 e. The van der Waals surface area contributed by atoms with Crippen molar-refractivity contribution in [1.82, 2.24) is 0 Å². The van der Waals surface area contributed by atoms with Gasteiger partial charge in [-0.2, -0.15) is 10.5 Å². The third-order valence-electron chi connectivity index (χ3n) is 9.43. The third kappa shape index (κ3) is 11.5. The summed E-state index contributed by atoms with van der Waals surface area (Å²) < 4.78 is 29.3. The maximum atomic E-state index is 10.5. The first-order chi connectivity index (χ1) is 30.6. The van der Waals surface area contributed by atoms with Gasteiger partial charge in [-0.05, 0) is 84.1 Å². The number of halogens is 2. The Kier molecular flexibility index (Phi) is 16.9. The van der Waals surface area contributed by atoms with Crippen LogP contribution >= 0.6 is 31.9 Å². The first kappa shape index (κ1) is 46.6. The van der Waals surface area contributed by atoms with E-state index >= 15 is 0 Å². The average Bonchev–Trinajstić information content (AvgIpc) is 3.31. The Hall–Kier alpha value is -7.50. The number of benzene rings is 7. The number of aldehydes is 1. The molecule has 13 heteroatoms. The van der Waals surface area contributed by atoms with Crippen LogP contribution in [-0.2, 0) is 6.61 Å². The van der Waals surface area contributed by atoms with E-state index in [1.54, 1.807) is 38.5 Å². The molecule has 8 rings (SSSR count). The van der Waals surface area contributed by atoms with Crippen molar-refractivity contribution in [3.05, 3.63) is 188 Å². The normalized spacial score (nSPS) is 12.1. The minimum absolute atomic E-state index is 0.0139. The molecule has 11 nitrogen and oxygen atoms in total. The molecule has 0 saturated heterocycles. The lowest BCUT2D eigenvalue weighted by Gasteiger charge is -2.28. The van der Waals surface area contributed by atoms with Crippen LogP contribution in [0.3, 0.4) is 0 Å².